The first-order valence-corrected chi connectivity index (χ1v) is 7.11. The van der Waals surface area contributed by atoms with Crippen LogP contribution >= 0.6 is 22.9 Å². The Balaban J connectivity index is 2.20. The van der Waals surface area contributed by atoms with Gasteiger partial charge < -0.3 is 5.32 Å². The van der Waals surface area contributed by atoms with E-state index < -0.39 is 4.92 Å². The Morgan fingerprint density at radius 3 is 2.89 bits per heavy atom. The van der Waals surface area contributed by atoms with Gasteiger partial charge in [-0.25, -0.2) is 0 Å². The van der Waals surface area contributed by atoms with Crippen LogP contribution in [-0.2, 0) is 13.0 Å². The fraction of sp³-hybridized carbons (Fsp3) is 0.231. The molecule has 1 aromatic carbocycles. The summed E-state index contributed by atoms with van der Waals surface area (Å²) < 4.78 is 0. The monoisotopic (exact) mass is 296 g/mol. The number of halogens is 1. The van der Waals surface area contributed by atoms with E-state index >= 15 is 0 Å². The van der Waals surface area contributed by atoms with Crippen LogP contribution in [0.4, 0.5) is 11.4 Å². The van der Waals surface area contributed by atoms with E-state index in [2.05, 4.69) is 18.3 Å². The maximum Gasteiger partial charge on any atom is 0.310 e. The molecule has 6 heteroatoms. The molecule has 0 atom stereocenters. The second-order valence-corrected chi connectivity index (χ2v) is 5.38. The Bertz CT molecular complexity index is 598. The molecule has 1 heterocycles. The van der Waals surface area contributed by atoms with Gasteiger partial charge in [0.1, 0.15) is 10.7 Å². The zero-order valence-corrected chi connectivity index (χ0v) is 11.9. The molecule has 1 aromatic heterocycles. The highest BCUT2D eigenvalue weighted by molar-refractivity contribution is 7.10. The molecule has 0 bridgehead atoms. The molecule has 0 aliphatic rings. The third-order valence-electron chi connectivity index (χ3n) is 2.83. The summed E-state index contributed by atoms with van der Waals surface area (Å²) in [6.07, 6.45) is 0.957. The summed E-state index contributed by atoms with van der Waals surface area (Å²) in [7, 11) is 0. The number of nitro benzene ring substituents is 1. The van der Waals surface area contributed by atoms with Gasteiger partial charge in [0, 0.05) is 11.4 Å². The first-order chi connectivity index (χ1) is 9.13. The molecule has 0 aliphatic carbocycles. The average Bonchev–Trinajstić information content (AvgIpc) is 2.83. The van der Waals surface area contributed by atoms with Crippen LogP contribution in [0.2, 0.25) is 5.02 Å². The van der Waals surface area contributed by atoms with Crippen molar-refractivity contribution in [3.8, 4) is 0 Å². The normalized spacial score (nSPS) is 10.4. The van der Waals surface area contributed by atoms with Gasteiger partial charge in [0.25, 0.3) is 0 Å². The van der Waals surface area contributed by atoms with E-state index in [1.807, 2.05) is 5.38 Å². The maximum absolute atomic E-state index is 11.0. The van der Waals surface area contributed by atoms with Gasteiger partial charge >= 0.3 is 5.69 Å². The second kappa shape index (κ2) is 6.04. The number of thiophene rings is 1. The lowest BCUT2D eigenvalue weighted by atomic mass is 10.2. The Morgan fingerprint density at radius 2 is 2.21 bits per heavy atom. The fourth-order valence-electron chi connectivity index (χ4n) is 1.86. The van der Waals surface area contributed by atoms with Gasteiger partial charge in [-0.15, -0.1) is 11.3 Å². The second-order valence-electron chi connectivity index (χ2n) is 3.97. The number of aryl methyl sites for hydroxylation is 1. The van der Waals surface area contributed by atoms with Gasteiger partial charge in [0.05, 0.1) is 4.92 Å². The number of nitrogens with zero attached hydrogens (tertiary/aromatic N) is 1. The number of nitro groups is 1. The third kappa shape index (κ3) is 3.05. The maximum atomic E-state index is 11.0. The van der Waals surface area contributed by atoms with Crippen LogP contribution in [0.1, 0.15) is 17.4 Å². The Labute approximate surface area is 120 Å². The van der Waals surface area contributed by atoms with Crippen molar-refractivity contribution in [1.29, 1.82) is 0 Å². The van der Waals surface area contributed by atoms with Gasteiger partial charge in [0.2, 0.25) is 0 Å². The fourth-order valence-corrected chi connectivity index (χ4v) is 3.02. The highest BCUT2D eigenvalue weighted by Crippen LogP contribution is 2.33. The lowest BCUT2D eigenvalue weighted by Gasteiger charge is -2.08. The zero-order valence-electron chi connectivity index (χ0n) is 10.4. The van der Waals surface area contributed by atoms with E-state index in [9.17, 15) is 10.1 Å². The van der Waals surface area contributed by atoms with Crippen molar-refractivity contribution in [3.63, 3.8) is 0 Å². The summed E-state index contributed by atoms with van der Waals surface area (Å²) >= 11 is 7.51. The number of benzene rings is 1. The van der Waals surface area contributed by atoms with Crippen molar-refractivity contribution in [2.75, 3.05) is 5.32 Å². The molecule has 0 amide bonds. The van der Waals surface area contributed by atoms with Crippen molar-refractivity contribution in [3.05, 3.63) is 55.2 Å². The molecule has 0 radical (unpaired) electrons. The Morgan fingerprint density at radius 1 is 1.42 bits per heavy atom. The molecule has 0 unspecified atom stereocenters. The largest absolute Gasteiger partial charge is 0.375 e. The minimum Gasteiger partial charge on any atom is -0.375 e. The zero-order chi connectivity index (χ0) is 13.8. The molecular formula is C13H13ClN2O2S. The standard InChI is InChI=1S/C13H13ClN2O2S/c1-2-9-6-7-19-12(9)8-15-11-5-3-4-10(14)13(11)16(17)18/h3-7,15H,2,8H2,1H3. The summed E-state index contributed by atoms with van der Waals surface area (Å²) in [4.78, 5) is 11.7. The molecule has 2 rings (SSSR count). The molecule has 19 heavy (non-hydrogen) atoms. The molecule has 0 saturated heterocycles. The Hall–Kier alpha value is -1.59. The number of hydrogen-bond donors (Lipinski definition) is 1. The molecule has 0 fully saturated rings. The topological polar surface area (TPSA) is 55.2 Å². The van der Waals surface area contributed by atoms with E-state index in [1.165, 1.54) is 16.5 Å². The van der Waals surface area contributed by atoms with Crippen LogP contribution in [0, 0.1) is 10.1 Å². The number of anilines is 1. The van der Waals surface area contributed by atoms with Crippen LogP contribution in [0.25, 0.3) is 0 Å². The van der Waals surface area contributed by atoms with Crippen LogP contribution in [0.5, 0.6) is 0 Å². The summed E-state index contributed by atoms with van der Waals surface area (Å²) in [6, 6.07) is 6.97. The molecule has 4 nitrogen and oxygen atoms in total. The lowest BCUT2D eigenvalue weighted by molar-refractivity contribution is -0.383. The van der Waals surface area contributed by atoms with E-state index in [0.717, 1.165) is 6.42 Å². The van der Waals surface area contributed by atoms with Crippen molar-refractivity contribution in [2.45, 2.75) is 19.9 Å². The lowest BCUT2D eigenvalue weighted by Crippen LogP contribution is -2.03. The van der Waals surface area contributed by atoms with E-state index in [1.54, 1.807) is 23.5 Å². The summed E-state index contributed by atoms with van der Waals surface area (Å²) in [5, 5.41) is 16.3. The van der Waals surface area contributed by atoms with Crippen LogP contribution < -0.4 is 5.32 Å². The first kappa shape index (κ1) is 13.8. The molecule has 0 saturated carbocycles. The van der Waals surface area contributed by atoms with Crippen molar-refractivity contribution >= 4 is 34.3 Å². The van der Waals surface area contributed by atoms with Crippen LogP contribution in [0.3, 0.4) is 0 Å². The van der Waals surface area contributed by atoms with Gasteiger partial charge in [0.15, 0.2) is 0 Å². The van der Waals surface area contributed by atoms with Crippen LogP contribution in [0.15, 0.2) is 29.6 Å². The van der Waals surface area contributed by atoms with Gasteiger partial charge in [-0.1, -0.05) is 24.6 Å². The molecular weight excluding hydrogens is 284 g/mol. The van der Waals surface area contributed by atoms with Gasteiger partial charge in [-0.2, -0.15) is 0 Å². The summed E-state index contributed by atoms with van der Waals surface area (Å²) in [6.45, 7) is 2.66. The molecule has 2 aromatic rings. The van der Waals surface area contributed by atoms with Crippen molar-refractivity contribution in [2.24, 2.45) is 0 Å². The molecule has 100 valence electrons. The number of hydrogen-bond acceptors (Lipinski definition) is 4. The quantitative estimate of drug-likeness (QED) is 0.653. The predicted molar refractivity (Wildman–Crippen MR) is 79.1 cm³/mol. The van der Waals surface area contributed by atoms with Crippen molar-refractivity contribution < 1.29 is 4.92 Å². The highest BCUT2D eigenvalue weighted by Gasteiger charge is 2.18. The summed E-state index contributed by atoms with van der Waals surface area (Å²) in [5.74, 6) is 0. The SMILES string of the molecule is CCc1ccsc1CNc1cccc(Cl)c1[N+](=O)[O-]. The third-order valence-corrected chi connectivity index (χ3v) is 4.10. The summed E-state index contributed by atoms with van der Waals surface area (Å²) in [5.41, 5.74) is 1.65. The van der Waals surface area contributed by atoms with Crippen molar-refractivity contribution in [1.82, 2.24) is 0 Å². The molecule has 1 N–H and O–H groups in total. The van der Waals surface area contributed by atoms with E-state index in [0.29, 0.717) is 12.2 Å². The Kier molecular flexibility index (Phi) is 4.39. The van der Waals surface area contributed by atoms with Gasteiger partial charge in [-0.3, -0.25) is 10.1 Å². The molecule has 0 aliphatic heterocycles. The minimum absolute atomic E-state index is 0.0706. The predicted octanol–water partition coefficient (Wildman–Crippen LogP) is 4.48. The highest BCUT2D eigenvalue weighted by atomic mass is 35.5. The average molecular weight is 297 g/mol. The molecule has 0 spiro atoms. The number of para-hydroxylation sites is 1. The van der Waals surface area contributed by atoms with E-state index in [4.69, 9.17) is 11.6 Å². The minimum atomic E-state index is -0.459. The van der Waals surface area contributed by atoms with Gasteiger partial charge in [-0.05, 0) is 35.6 Å². The smallest absolute Gasteiger partial charge is 0.310 e. The first-order valence-electron chi connectivity index (χ1n) is 5.85. The van der Waals surface area contributed by atoms with Crippen LogP contribution in [-0.4, -0.2) is 4.92 Å². The van der Waals surface area contributed by atoms with E-state index in [-0.39, 0.29) is 10.7 Å². The number of rotatable bonds is 5. The number of nitrogens with one attached hydrogen (secondary N) is 1.